The summed E-state index contributed by atoms with van der Waals surface area (Å²) in [5, 5.41) is 2.45. The molecule has 1 N–H and O–H groups in total. The number of hydrogen-bond acceptors (Lipinski definition) is 2. The molecule has 0 saturated heterocycles. The van der Waals surface area contributed by atoms with Crippen LogP contribution in [0.3, 0.4) is 0 Å². The molecule has 0 atom stereocenters. The Bertz CT molecular complexity index is 812. The summed E-state index contributed by atoms with van der Waals surface area (Å²) in [5.41, 5.74) is 0.981. The van der Waals surface area contributed by atoms with Crippen molar-refractivity contribution in [3.8, 4) is 16.9 Å². The maximum absolute atomic E-state index is 13.2. The molecule has 4 nitrogen and oxygen atoms in total. The van der Waals surface area contributed by atoms with Gasteiger partial charge in [0.15, 0.2) is 0 Å². The number of halogens is 2. The van der Waals surface area contributed by atoms with E-state index >= 15 is 0 Å². The molecule has 0 aliphatic carbocycles. The monoisotopic (exact) mass is 291 g/mol. The lowest BCUT2D eigenvalue weighted by Gasteiger charge is -1.96. The van der Waals surface area contributed by atoms with Gasteiger partial charge in [-0.2, -0.15) is 0 Å². The molecule has 20 heavy (non-hydrogen) atoms. The summed E-state index contributed by atoms with van der Waals surface area (Å²) in [5.74, 6) is -0.525. The summed E-state index contributed by atoms with van der Waals surface area (Å²) >= 11 is 5.76. The Hall–Kier alpha value is -2.40. The lowest BCUT2D eigenvalue weighted by atomic mass is 10.1. The van der Waals surface area contributed by atoms with Crippen LogP contribution >= 0.6 is 11.6 Å². The van der Waals surface area contributed by atoms with E-state index in [1.807, 2.05) is 18.2 Å². The van der Waals surface area contributed by atoms with Gasteiger partial charge in [0, 0.05) is 12.1 Å². The molecule has 0 unspecified atom stereocenters. The van der Waals surface area contributed by atoms with E-state index < -0.39 is 11.4 Å². The highest BCUT2D eigenvalue weighted by Gasteiger charge is 2.25. The van der Waals surface area contributed by atoms with Crippen LogP contribution in [-0.4, -0.2) is 5.27 Å². The van der Waals surface area contributed by atoms with Crippen molar-refractivity contribution in [1.29, 1.82) is 0 Å². The Labute approximate surface area is 118 Å². The average Bonchev–Trinajstić information content (AvgIpc) is 2.85. The van der Waals surface area contributed by atoms with Crippen LogP contribution in [0, 0.1) is 5.82 Å². The summed E-state index contributed by atoms with van der Waals surface area (Å²) in [6.07, 6.45) is 0. The number of nitrogens with one attached hydrogen (secondary N) is 1. The van der Waals surface area contributed by atoms with Gasteiger partial charge in [0.25, 0.3) is 0 Å². The molecule has 0 radical (unpaired) electrons. The second-order valence-electron chi connectivity index (χ2n) is 4.13. The standard InChI is InChI=1S/C14H8ClFN2O2/c15-11-8-10(6-7-12(11)16)18-13(14(19)20-17-18)9-4-2-1-3-5-9/h1-8H/p+1. The van der Waals surface area contributed by atoms with Crippen LogP contribution in [0.5, 0.6) is 0 Å². The average molecular weight is 292 g/mol. The molecule has 1 aromatic heterocycles. The van der Waals surface area contributed by atoms with E-state index in [2.05, 4.69) is 5.27 Å². The molecule has 0 aliphatic rings. The van der Waals surface area contributed by atoms with Crippen molar-refractivity contribution in [2.24, 2.45) is 0 Å². The van der Waals surface area contributed by atoms with Gasteiger partial charge in [0.05, 0.1) is 10.6 Å². The molecule has 0 spiro atoms. The quantitative estimate of drug-likeness (QED) is 0.738. The first-order chi connectivity index (χ1) is 9.66. The molecule has 6 heteroatoms. The number of rotatable bonds is 2. The zero-order chi connectivity index (χ0) is 14.1. The van der Waals surface area contributed by atoms with Gasteiger partial charge in [-0.15, -0.1) is 0 Å². The van der Waals surface area contributed by atoms with E-state index in [0.29, 0.717) is 16.9 Å². The van der Waals surface area contributed by atoms with Crippen LogP contribution in [0.25, 0.3) is 16.9 Å². The first-order valence-corrected chi connectivity index (χ1v) is 6.19. The van der Waals surface area contributed by atoms with E-state index in [1.165, 1.54) is 22.9 Å². The minimum Gasteiger partial charge on any atom is -0.282 e. The number of hydrogen-bond donors (Lipinski definition) is 1. The summed E-state index contributed by atoms with van der Waals surface area (Å²) in [6, 6.07) is 13.2. The van der Waals surface area contributed by atoms with E-state index in [9.17, 15) is 9.18 Å². The second kappa shape index (κ2) is 4.94. The van der Waals surface area contributed by atoms with E-state index in [1.54, 1.807) is 12.1 Å². The fraction of sp³-hybridized carbons (Fsp3) is 0. The molecule has 0 bridgehead atoms. The Morgan fingerprint density at radius 2 is 1.90 bits per heavy atom. The predicted molar refractivity (Wildman–Crippen MR) is 71.3 cm³/mol. The molecule has 1 heterocycles. The van der Waals surface area contributed by atoms with E-state index in [-0.39, 0.29) is 5.02 Å². The van der Waals surface area contributed by atoms with Gasteiger partial charge >= 0.3 is 11.3 Å². The zero-order valence-corrected chi connectivity index (χ0v) is 10.9. The molecule has 0 fully saturated rings. The fourth-order valence-electron chi connectivity index (χ4n) is 1.92. The minimum atomic E-state index is -0.525. The number of aromatic amines is 1. The topological polar surface area (TPSA) is 49.9 Å². The van der Waals surface area contributed by atoms with Crippen molar-refractivity contribution in [3.05, 3.63) is 69.8 Å². The van der Waals surface area contributed by atoms with Crippen molar-refractivity contribution < 1.29 is 13.6 Å². The molecule has 0 amide bonds. The number of benzene rings is 2. The van der Waals surface area contributed by atoms with Gasteiger partial charge in [-0.3, -0.25) is 4.52 Å². The van der Waals surface area contributed by atoms with Crippen LogP contribution in [0.4, 0.5) is 4.39 Å². The Balaban J connectivity index is 2.21. The third-order valence-electron chi connectivity index (χ3n) is 2.86. The maximum atomic E-state index is 13.2. The highest BCUT2D eigenvalue weighted by atomic mass is 35.5. The highest BCUT2D eigenvalue weighted by Crippen LogP contribution is 2.17. The van der Waals surface area contributed by atoms with Crippen molar-refractivity contribution in [2.45, 2.75) is 0 Å². The Kier molecular flexibility index (Phi) is 3.12. The smallest absolute Gasteiger partial charge is 0.282 e. The molecular weight excluding hydrogens is 283 g/mol. The first kappa shape index (κ1) is 12.6. The molecule has 0 saturated carbocycles. The van der Waals surface area contributed by atoms with Crippen LogP contribution in [0.2, 0.25) is 5.02 Å². The number of nitrogens with zero attached hydrogens (tertiary/aromatic N) is 1. The Morgan fingerprint density at radius 1 is 1.15 bits per heavy atom. The number of H-pyrrole nitrogens is 1. The van der Waals surface area contributed by atoms with Crippen molar-refractivity contribution in [3.63, 3.8) is 0 Å². The number of aromatic nitrogens is 2. The second-order valence-corrected chi connectivity index (χ2v) is 4.54. The molecule has 3 rings (SSSR count). The van der Waals surface area contributed by atoms with Crippen LogP contribution in [0.1, 0.15) is 0 Å². The van der Waals surface area contributed by atoms with Crippen molar-refractivity contribution in [2.75, 3.05) is 0 Å². The van der Waals surface area contributed by atoms with Gasteiger partial charge in [-0.25, -0.2) is 9.18 Å². The summed E-state index contributed by atoms with van der Waals surface area (Å²) in [6.45, 7) is 0. The summed E-state index contributed by atoms with van der Waals surface area (Å²) in [4.78, 5) is 11.8. The summed E-state index contributed by atoms with van der Waals surface area (Å²) in [7, 11) is 0. The lowest BCUT2D eigenvalue weighted by Crippen LogP contribution is -2.36. The SMILES string of the molecule is O=c1o[nH][n+](-c2ccc(F)c(Cl)c2)c1-c1ccccc1. The van der Waals surface area contributed by atoms with E-state index in [4.69, 9.17) is 16.1 Å². The lowest BCUT2D eigenvalue weighted by molar-refractivity contribution is -0.660. The normalized spacial score (nSPS) is 10.7. The van der Waals surface area contributed by atoms with Crippen LogP contribution in [-0.2, 0) is 0 Å². The van der Waals surface area contributed by atoms with Gasteiger partial charge in [-0.05, 0) is 28.2 Å². The van der Waals surface area contributed by atoms with Crippen molar-refractivity contribution >= 4 is 11.6 Å². The van der Waals surface area contributed by atoms with E-state index in [0.717, 1.165) is 0 Å². The Morgan fingerprint density at radius 3 is 2.60 bits per heavy atom. The third kappa shape index (κ3) is 2.12. The largest absolute Gasteiger partial charge is 0.435 e. The molecule has 0 aliphatic heterocycles. The molecular formula is C14H9ClFN2O2+. The zero-order valence-electron chi connectivity index (χ0n) is 10.1. The van der Waals surface area contributed by atoms with Gasteiger partial charge in [-0.1, -0.05) is 29.8 Å². The van der Waals surface area contributed by atoms with Crippen molar-refractivity contribution in [1.82, 2.24) is 5.27 Å². The first-order valence-electron chi connectivity index (χ1n) is 5.81. The summed E-state index contributed by atoms with van der Waals surface area (Å²) < 4.78 is 19.4. The maximum Gasteiger partial charge on any atom is 0.435 e. The third-order valence-corrected chi connectivity index (χ3v) is 3.14. The molecule has 100 valence electrons. The van der Waals surface area contributed by atoms with Crippen LogP contribution in [0.15, 0.2) is 57.8 Å². The minimum absolute atomic E-state index is 0.0314. The highest BCUT2D eigenvalue weighted by molar-refractivity contribution is 6.30. The predicted octanol–water partition coefficient (Wildman–Crippen LogP) is 2.70. The van der Waals surface area contributed by atoms with Crippen LogP contribution < -0.4 is 10.3 Å². The van der Waals surface area contributed by atoms with Gasteiger partial charge in [0.2, 0.25) is 5.69 Å². The van der Waals surface area contributed by atoms with Gasteiger partial charge < -0.3 is 0 Å². The molecule has 3 aromatic rings. The fourth-order valence-corrected chi connectivity index (χ4v) is 2.10. The molecule has 2 aromatic carbocycles. The van der Waals surface area contributed by atoms with Gasteiger partial charge in [0.1, 0.15) is 5.82 Å².